The lowest BCUT2D eigenvalue weighted by atomic mass is 10.1. The van der Waals surface area contributed by atoms with Crippen LogP contribution >= 0.6 is 0 Å². The highest BCUT2D eigenvalue weighted by Crippen LogP contribution is 2.19. The van der Waals surface area contributed by atoms with Gasteiger partial charge in [-0.25, -0.2) is 0 Å². The van der Waals surface area contributed by atoms with E-state index in [1.165, 1.54) is 0 Å². The van der Waals surface area contributed by atoms with Gasteiger partial charge in [0.15, 0.2) is 5.43 Å². The fraction of sp³-hybridized carbons (Fsp3) is 0.0870. The van der Waals surface area contributed by atoms with E-state index in [1.54, 1.807) is 24.3 Å². The summed E-state index contributed by atoms with van der Waals surface area (Å²) < 4.78 is 1.88. The zero-order valence-corrected chi connectivity index (χ0v) is 15.1. The van der Waals surface area contributed by atoms with E-state index in [4.69, 9.17) is 5.26 Å². The Balaban J connectivity index is 1.64. The van der Waals surface area contributed by atoms with E-state index < -0.39 is 0 Å². The van der Waals surface area contributed by atoms with Crippen molar-refractivity contribution >= 4 is 27.7 Å². The minimum atomic E-state index is -0.150. The van der Waals surface area contributed by atoms with Crippen LogP contribution in [-0.4, -0.2) is 10.5 Å². The van der Waals surface area contributed by atoms with Crippen LogP contribution in [0.4, 0.5) is 0 Å². The smallest absolute Gasteiger partial charge is 0.240 e. The van der Waals surface area contributed by atoms with Crippen molar-refractivity contribution in [1.82, 2.24) is 9.88 Å². The fourth-order valence-electron chi connectivity index (χ4n) is 3.34. The number of rotatable bonds is 4. The summed E-state index contributed by atoms with van der Waals surface area (Å²) in [6.45, 7) is 0.484. The van der Waals surface area contributed by atoms with Gasteiger partial charge in [0, 0.05) is 17.3 Å². The molecule has 0 bridgehead atoms. The second kappa shape index (κ2) is 7.37. The molecule has 0 unspecified atom stereocenters. The Morgan fingerprint density at radius 3 is 2.04 bits per heavy atom. The minimum Gasteiger partial charge on any atom is -0.350 e. The Morgan fingerprint density at radius 1 is 0.893 bits per heavy atom. The summed E-state index contributed by atoms with van der Waals surface area (Å²) >= 11 is 0. The molecule has 5 heteroatoms. The first kappa shape index (κ1) is 17.5. The first-order valence-electron chi connectivity index (χ1n) is 8.93. The predicted octanol–water partition coefficient (Wildman–Crippen LogP) is 3.34. The maximum Gasteiger partial charge on any atom is 0.240 e. The number of benzene rings is 3. The Hall–Kier alpha value is -3.91. The lowest BCUT2D eigenvalue weighted by Gasteiger charge is -2.15. The molecule has 0 saturated heterocycles. The number of hydrogen-bond donors (Lipinski definition) is 1. The van der Waals surface area contributed by atoms with E-state index in [2.05, 4.69) is 11.4 Å². The lowest BCUT2D eigenvalue weighted by molar-refractivity contribution is -0.121. The van der Waals surface area contributed by atoms with Gasteiger partial charge in [-0.15, -0.1) is 0 Å². The summed E-state index contributed by atoms with van der Waals surface area (Å²) in [5.74, 6) is -0.150. The van der Waals surface area contributed by atoms with Crippen molar-refractivity contribution in [2.24, 2.45) is 0 Å². The molecule has 5 nitrogen and oxygen atoms in total. The molecule has 136 valence electrons. The van der Waals surface area contributed by atoms with Gasteiger partial charge >= 0.3 is 0 Å². The topological polar surface area (TPSA) is 74.9 Å². The maximum atomic E-state index is 12.8. The number of para-hydroxylation sites is 2. The summed E-state index contributed by atoms with van der Waals surface area (Å²) in [4.78, 5) is 25.4. The average molecular weight is 367 g/mol. The minimum absolute atomic E-state index is 0.0274. The Morgan fingerprint density at radius 2 is 1.46 bits per heavy atom. The molecule has 28 heavy (non-hydrogen) atoms. The van der Waals surface area contributed by atoms with Crippen LogP contribution in [0.2, 0.25) is 0 Å². The normalized spacial score (nSPS) is 10.7. The zero-order chi connectivity index (χ0) is 19.5. The average Bonchev–Trinajstić information content (AvgIpc) is 2.75. The molecule has 0 aliphatic rings. The molecule has 1 N–H and O–H groups in total. The number of carbonyl (C=O) groups is 1. The van der Waals surface area contributed by atoms with Crippen molar-refractivity contribution in [1.29, 1.82) is 5.26 Å². The summed E-state index contributed by atoms with van der Waals surface area (Å²) in [6, 6.07) is 23.8. The fourth-order valence-corrected chi connectivity index (χ4v) is 3.34. The van der Waals surface area contributed by atoms with Gasteiger partial charge in [-0.1, -0.05) is 36.4 Å². The molecule has 0 atom stereocenters. The largest absolute Gasteiger partial charge is 0.350 e. The second-order valence-electron chi connectivity index (χ2n) is 6.54. The quantitative estimate of drug-likeness (QED) is 0.562. The first-order chi connectivity index (χ1) is 13.7. The van der Waals surface area contributed by atoms with Gasteiger partial charge < -0.3 is 9.88 Å². The van der Waals surface area contributed by atoms with Gasteiger partial charge in [-0.3, -0.25) is 9.59 Å². The third-order valence-corrected chi connectivity index (χ3v) is 4.75. The maximum absolute atomic E-state index is 12.8. The monoisotopic (exact) mass is 367 g/mol. The van der Waals surface area contributed by atoms with Crippen molar-refractivity contribution < 1.29 is 4.79 Å². The number of fused-ring (bicyclic) bond motifs is 2. The Labute approximate surface area is 161 Å². The molecule has 0 radical (unpaired) electrons. The number of nitrogens with zero attached hydrogens (tertiary/aromatic N) is 2. The number of hydrogen-bond acceptors (Lipinski definition) is 3. The van der Waals surface area contributed by atoms with Crippen LogP contribution in [0, 0.1) is 11.3 Å². The molecule has 0 fully saturated rings. The van der Waals surface area contributed by atoms with Crippen molar-refractivity contribution in [3.8, 4) is 6.07 Å². The van der Waals surface area contributed by atoms with Crippen LogP contribution in [0.5, 0.6) is 0 Å². The summed E-state index contributed by atoms with van der Waals surface area (Å²) in [5.41, 5.74) is 2.95. The lowest BCUT2D eigenvalue weighted by Crippen LogP contribution is -2.28. The van der Waals surface area contributed by atoms with Crippen LogP contribution in [0.15, 0.2) is 77.6 Å². The summed E-state index contributed by atoms with van der Waals surface area (Å²) in [5, 5.41) is 13.0. The molecular weight excluding hydrogens is 350 g/mol. The molecule has 3 aromatic carbocycles. The Bertz CT molecular complexity index is 1220. The van der Waals surface area contributed by atoms with Crippen LogP contribution in [0.1, 0.15) is 11.1 Å². The standard InChI is InChI=1S/C23H17N3O2/c24-13-16-9-11-17(12-10-16)14-25-22(27)15-26-20-7-3-1-5-18(20)23(28)19-6-2-4-8-21(19)26/h1-12H,14-15H2,(H,25,27). The van der Waals surface area contributed by atoms with Crippen LogP contribution in [0.3, 0.4) is 0 Å². The van der Waals surface area contributed by atoms with E-state index in [0.29, 0.717) is 22.9 Å². The highest BCUT2D eigenvalue weighted by molar-refractivity contribution is 5.94. The molecule has 1 heterocycles. The third-order valence-electron chi connectivity index (χ3n) is 4.75. The molecule has 0 spiro atoms. The van der Waals surface area contributed by atoms with Gasteiger partial charge in [0.25, 0.3) is 0 Å². The van der Waals surface area contributed by atoms with Crippen molar-refractivity contribution in [3.05, 3.63) is 94.1 Å². The van der Waals surface area contributed by atoms with E-state index >= 15 is 0 Å². The molecule has 4 aromatic rings. The Kier molecular flexibility index (Phi) is 4.61. The van der Waals surface area contributed by atoms with Crippen LogP contribution in [0.25, 0.3) is 21.8 Å². The number of nitrogens with one attached hydrogen (secondary N) is 1. The molecular formula is C23H17N3O2. The van der Waals surface area contributed by atoms with Gasteiger partial charge in [0.05, 0.1) is 22.7 Å². The van der Waals surface area contributed by atoms with Crippen molar-refractivity contribution in [2.45, 2.75) is 13.1 Å². The summed E-state index contributed by atoms with van der Waals surface area (Å²) in [7, 11) is 0. The number of nitriles is 1. The highest BCUT2D eigenvalue weighted by atomic mass is 16.2. The van der Waals surface area contributed by atoms with Gasteiger partial charge in [-0.05, 0) is 42.0 Å². The van der Waals surface area contributed by atoms with Crippen molar-refractivity contribution in [3.63, 3.8) is 0 Å². The van der Waals surface area contributed by atoms with E-state index in [-0.39, 0.29) is 17.9 Å². The van der Waals surface area contributed by atoms with E-state index in [1.807, 2.05) is 53.1 Å². The van der Waals surface area contributed by atoms with Gasteiger partial charge in [0.2, 0.25) is 5.91 Å². The molecule has 0 aliphatic heterocycles. The second-order valence-corrected chi connectivity index (χ2v) is 6.54. The van der Waals surface area contributed by atoms with E-state index in [0.717, 1.165) is 16.6 Å². The number of carbonyl (C=O) groups excluding carboxylic acids is 1. The third kappa shape index (κ3) is 3.24. The van der Waals surface area contributed by atoms with Crippen LogP contribution in [-0.2, 0) is 17.9 Å². The SMILES string of the molecule is N#Cc1ccc(CNC(=O)Cn2c3ccccc3c(=O)c3ccccc32)cc1. The molecule has 0 saturated carbocycles. The van der Waals surface area contributed by atoms with E-state index in [9.17, 15) is 9.59 Å². The molecule has 4 rings (SSSR count). The highest BCUT2D eigenvalue weighted by Gasteiger charge is 2.12. The first-order valence-corrected chi connectivity index (χ1v) is 8.93. The van der Waals surface area contributed by atoms with Crippen LogP contribution < -0.4 is 10.7 Å². The molecule has 0 aliphatic carbocycles. The zero-order valence-electron chi connectivity index (χ0n) is 15.1. The molecule has 1 amide bonds. The van der Waals surface area contributed by atoms with Gasteiger partial charge in [-0.2, -0.15) is 5.26 Å². The number of amides is 1. The number of pyridine rings is 1. The predicted molar refractivity (Wildman–Crippen MR) is 109 cm³/mol. The molecule has 1 aromatic heterocycles. The summed E-state index contributed by atoms with van der Waals surface area (Å²) in [6.07, 6.45) is 0. The van der Waals surface area contributed by atoms with Crippen molar-refractivity contribution in [2.75, 3.05) is 0 Å². The number of aromatic nitrogens is 1. The van der Waals surface area contributed by atoms with Gasteiger partial charge in [0.1, 0.15) is 6.54 Å².